The highest BCUT2D eigenvalue weighted by molar-refractivity contribution is 5.86. The van der Waals surface area contributed by atoms with Crippen molar-refractivity contribution in [3.63, 3.8) is 0 Å². The summed E-state index contributed by atoms with van der Waals surface area (Å²) in [6.07, 6.45) is -3.51. The van der Waals surface area contributed by atoms with E-state index in [0.29, 0.717) is 17.0 Å². The van der Waals surface area contributed by atoms with Crippen molar-refractivity contribution in [2.75, 3.05) is 11.9 Å². The van der Waals surface area contributed by atoms with Crippen molar-refractivity contribution >= 4 is 23.6 Å². The van der Waals surface area contributed by atoms with E-state index in [-0.39, 0.29) is 31.0 Å². The third-order valence-corrected chi connectivity index (χ3v) is 8.00. The van der Waals surface area contributed by atoms with Crippen LogP contribution in [0.25, 0.3) is 11.3 Å². The number of carbonyl (C=O) groups excluding carboxylic acids is 3. The first-order valence-corrected chi connectivity index (χ1v) is 15.7. The first kappa shape index (κ1) is 36.4. The molecule has 258 valence electrons. The third kappa shape index (κ3) is 8.93. The number of aliphatic hydroxyl groups excluding tert-OH is 1. The number of carbonyl (C=O) groups is 3. The van der Waals surface area contributed by atoms with E-state index in [1.165, 1.54) is 26.0 Å². The van der Waals surface area contributed by atoms with Gasteiger partial charge in [-0.3, -0.25) is 29.3 Å². The molecule has 3 atom stereocenters. The van der Waals surface area contributed by atoms with Gasteiger partial charge in [-0.15, -0.1) is 0 Å². The predicted octanol–water partition coefficient (Wildman–Crippen LogP) is 4.62. The van der Waals surface area contributed by atoms with Gasteiger partial charge >= 0.3 is 12.0 Å². The van der Waals surface area contributed by atoms with Crippen LogP contribution in [0.5, 0.6) is 0 Å². The lowest BCUT2D eigenvalue weighted by atomic mass is 9.80. The van der Waals surface area contributed by atoms with Gasteiger partial charge in [0.2, 0.25) is 5.91 Å². The number of nitrogens with zero attached hydrogens (tertiary/aromatic N) is 2. The first-order chi connectivity index (χ1) is 23.3. The number of aliphatic hydroxyl groups is 1. The van der Waals surface area contributed by atoms with Gasteiger partial charge in [0.1, 0.15) is 24.4 Å². The summed E-state index contributed by atoms with van der Waals surface area (Å²) in [5.74, 6) is -10.0. The Kier molecular flexibility index (Phi) is 12.0. The average Bonchev–Trinajstić information content (AvgIpc) is 3.07. The molecule has 13 heteroatoms. The second-order valence-electron chi connectivity index (χ2n) is 11.9. The summed E-state index contributed by atoms with van der Waals surface area (Å²) in [5.41, 5.74) is 6.96. The maximum absolute atomic E-state index is 15.7. The molecular weight excluding hydrogens is 636 g/mol. The zero-order chi connectivity index (χ0) is 35.7. The quantitative estimate of drug-likeness (QED) is 0.151. The second-order valence-corrected chi connectivity index (χ2v) is 11.9. The van der Waals surface area contributed by atoms with E-state index in [4.69, 9.17) is 10.5 Å². The number of halogens is 2. The number of ether oxygens (including phenoxy) is 1. The Balaban J connectivity index is 1.69. The lowest BCUT2D eigenvalue weighted by Gasteiger charge is -2.37. The van der Waals surface area contributed by atoms with Crippen molar-refractivity contribution in [3.8, 4) is 11.3 Å². The van der Waals surface area contributed by atoms with Crippen molar-refractivity contribution in [2.45, 2.75) is 51.9 Å². The molecule has 5 N–H and O–H groups in total. The molecule has 0 fully saturated rings. The number of hydrogen-bond acceptors (Lipinski definition) is 7. The minimum absolute atomic E-state index is 0.0887. The third-order valence-electron chi connectivity index (χ3n) is 8.00. The minimum atomic E-state index is -4.39. The number of amides is 3. The van der Waals surface area contributed by atoms with Gasteiger partial charge < -0.3 is 20.9 Å². The zero-order valence-electron chi connectivity index (χ0n) is 27.3. The van der Waals surface area contributed by atoms with Crippen molar-refractivity contribution in [2.24, 2.45) is 17.6 Å². The molecule has 0 spiro atoms. The largest absolute Gasteiger partial charge is 0.443 e. The molecular formula is C36H39F2N5O6. The van der Waals surface area contributed by atoms with Crippen molar-refractivity contribution < 1.29 is 33.0 Å². The van der Waals surface area contributed by atoms with Crippen LogP contribution in [0.2, 0.25) is 0 Å². The summed E-state index contributed by atoms with van der Waals surface area (Å²) in [4.78, 5) is 57.1. The smallest absolute Gasteiger partial charge is 0.412 e. The van der Waals surface area contributed by atoms with Crippen LogP contribution in [0.4, 0.5) is 19.3 Å². The fraction of sp³-hybridized carbons (Fsp3) is 0.306. The number of pyridine rings is 2. The standard InChI is InChI=1S/C36H39F2N5O6/c1-22(2)29(31(44)36(37,38)34(47)40-20-19-24-12-6-4-7-13-24)30(32(39)45)43-28(25-14-8-5-9-15-25)18-17-27(33(43)46)42-35(48)49-21-26-16-10-11-23(3)41-26/h4-18,22,29-31,44H,19-21H2,1-3H3,(H2,39,45)(H,40,47)(H,42,48). The van der Waals surface area contributed by atoms with Gasteiger partial charge in [-0.25, -0.2) is 4.79 Å². The van der Waals surface area contributed by atoms with Crippen molar-refractivity contribution in [1.82, 2.24) is 14.9 Å². The van der Waals surface area contributed by atoms with Crippen LogP contribution in [0.15, 0.2) is 95.8 Å². The highest BCUT2D eigenvalue weighted by atomic mass is 19.3. The fourth-order valence-corrected chi connectivity index (χ4v) is 5.58. The van der Waals surface area contributed by atoms with E-state index in [0.717, 1.165) is 10.1 Å². The molecule has 2 heterocycles. The molecule has 2 aromatic carbocycles. The Hall–Kier alpha value is -5.43. The number of anilines is 1. The van der Waals surface area contributed by atoms with Crippen LogP contribution in [0, 0.1) is 18.8 Å². The normalized spacial score (nSPS) is 13.3. The van der Waals surface area contributed by atoms with E-state index in [9.17, 15) is 24.3 Å². The van der Waals surface area contributed by atoms with Crippen LogP contribution < -0.4 is 21.9 Å². The molecule has 49 heavy (non-hydrogen) atoms. The molecule has 3 unspecified atom stereocenters. The number of hydrogen-bond donors (Lipinski definition) is 4. The van der Waals surface area contributed by atoms with Crippen LogP contribution >= 0.6 is 0 Å². The molecule has 0 bridgehead atoms. The minimum Gasteiger partial charge on any atom is -0.443 e. The van der Waals surface area contributed by atoms with E-state index in [1.807, 2.05) is 0 Å². The van der Waals surface area contributed by atoms with Crippen LogP contribution in [-0.4, -0.2) is 51.1 Å². The zero-order valence-corrected chi connectivity index (χ0v) is 27.3. The Morgan fingerprint density at radius 3 is 2.22 bits per heavy atom. The van der Waals surface area contributed by atoms with E-state index < -0.39 is 53.4 Å². The van der Waals surface area contributed by atoms with Crippen molar-refractivity contribution in [3.05, 3.63) is 118 Å². The molecule has 0 saturated heterocycles. The van der Waals surface area contributed by atoms with Crippen LogP contribution in [-0.2, 0) is 27.4 Å². The van der Waals surface area contributed by atoms with Gasteiger partial charge in [0.15, 0.2) is 0 Å². The molecule has 0 aliphatic heterocycles. The number of rotatable bonds is 14. The van der Waals surface area contributed by atoms with Gasteiger partial charge in [-0.1, -0.05) is 80.6 Å². The highest BCUT2D eigenvalue weighted by Gasteiger charge is 2.54. The molecule has 0 saturated carbocycles. The summed E-state index contributed by atoms with van der Waals surface area (Å²) in [6, 6.07) is 23.1. The monoisotopic (exact) mass is 675 g/mol. The van der Waals surface area contributed by atoms with E-state index in [2.05, 4.69) is 15.6 Å². The molecule has 4 aromatic rings. The number of nitrogens with two attached hydrogens (primary N) is 1. The Bertz CT molecular complexity index is 1820. The first-order valence-electron chi connectivity index (χ1n) is 15.7. The maximum Gasteiger partial charge on any atom is 0.412 e. The molecule has 3 amide bonds. The Morgan fingerprint density at radius 1 is 0.959 bits per heavy atom. The number of primary amides is 1. The van der Waals surface area contributed by atoms with Crippen LogP contribution in [0.1, 0.15) is 36.8 Å². The molecule has 11 nitrogen and oxygen atoms in total. The topological polar surface area (TPSA) is 166 Å². The molecule has 0 aliphatic carbocycles. The van der Waals surface area contributed by atoms with Gasteiger partial charge in [0.05, 0.1) is 11.4 Å². The van der Waals surface area contributed by atoms with Gasteiger partial charge in [-0.05, 0) is 54.7 Å². The average molecular weight is 676 g/mol. The van der Waals surface area contributed by atoms with Crippen molar-refractivity contribution in [1.29, 1.82) is 0 Å². The summed E-state index contributed by atoms with van der Waals surface area (Å²) in [7, 11) is 0. The Labute approximate surface area is 282 Å². The second kappa shape index (κ2) is 16.1. The fourth-order valence-electron chi connectivity index (χ4n) is 5.58. The molecule has 0 radical (unpaired) electrons. The summed E-state index contributed by atoms with van der Waals surface area (Å²) >= 11 is 0. The lowest BCUT2D eigenvalue weighted by Crippen LogP contribution is -2.56. The van der Waals surface area contributed by atoms with Gasteiger partial charge in [-0.2, -0.15) is 8.78 Å². The molecule has 2 aromatic heterocycles. The predicted molar refractivity (Wildman–Crippen MR) is 180 cm³/mol. The molecule has 4 rings (SSSR count). The number of alkyl halides is 2. The number of aryl methyl sites for hydroxylation is 1. The van der Waals surface area contributed by atoms with Gasteiger partial charge in [0.25, 0.3) is 11.5 Å². The Morgan fingerprint density at radius 2 is 1.61 bits per heavy atom. The summed E-state index contributed by atoms with van der Waals surface area (Å²) in [5, 5.41) is 15.7. The van der Waals surface area contributed by atoms with E-state index >= 15 is 8.78 Å². The number of aromatic nitrogens is 2. The lowest BCUT2D eigenvalue weighted by molar-refractivity contribution is -0.176. The number of nitrogens with one attached hydrogen (secondary N) is 2. The number of benzene rings is 2. The summed E-state index contributed by atoms with van der Waals surface area (Å²) in [6.45, 7) is 4.33. The van der Waals surface area contributed by atoms with E-state index in [1.54, 1.807) is 85.8 Å². The van der Waals surface area contributed by atoms with Crippen LogP contribution in [0.3, 0.4) is 0 Å². The maximum atomic E-state index is 15.7. The van der Waals surface area contributed by atoms with Gasteiger partial charge in [0, 0.05) is 18.2 Å². The highest BCUT2D eigenvalue weighted by Crippen LogP contribution is 2.38. The molecule has 0 aliphatic rings. The SMILES string of the molecule is Cc1cccc(COC(=O)Nc2ccc(-c3ccccc3)n(C(C(N)=O)C(C(C)C)C(O)C(F)(F)C(=O)NCCc3ccccc3)c2=O)n1. The summed E-state index contributed by atoms with van der Waals surface area (Å²) < 4.78 is 37.6.